The van der Waals surface area contributed by atoms with E-state index in [1.807, 2.05) is 43.3 Å². The normalized spacial score (nSPS) is 11.8. The van der Waals surface area contributed by atoms with Gasteiger partial charge in [-0.3, -0.25) is 13.9 Å². The van der Waals surface area contributed by atoms with Crippen LogP contribution in [0.15, 0.2) is 72.8 Å². The number of benzene rings is 3. The molecule has 10 heteroatoms. The Labute approximate surface area is 236 Å². The number of nitrogens with one attached hydrogen (secondary N) is 1. The third kappa shape index (κ3) is 7.98. The van der Waals surface area contributed by atoms with Gasteiger partial charge in [0.25, 0.3) is 0 Å². The van der Waals surface area contributed by atoms with Crippen LogP contribution in [0.5, 0.6) is 11.5 Å². The van der Waals surface area contributed by atoms with Gasteiger partial charge >= 0.3 is 0 Å². The molecule has 0 radical (unpaired) electrons. The molecule has 3 rings (SSSR count). The third-order valence-corrected chi connectivity index (χ3v) is 7.52. The summed E-state index contributed by atoms with van der Waals surface area (Å²) in [4.78, 5) is 29.0. The van der Waals surface area contributed by atoms with E-state index in [1.165, 1.54) is 12.0 Å². The van der Waals surface area contributed by atoms with Gasteiger partial charge in [0.2, 0.25) is 21.8 Å². The summed E-state index contributed by atoms with van der Waals surface area (Å²) < 4.78 is 37.8. The number of hydrogen-bond donors (Lipinski definition) is 1. The molecular formula is C30H37N3O6S. The molecule has 0 bridgehead atoms. The zero-order valence-electron chi connectivity index (χ0n) is 23.6. The molecule has 40 heavy (non-hydrogen) atoms. The molecule has 0 aromatic heterocycles. The topological polar surface area (TPSA) is 105 Å². The highest BCUT2D eigenvalue weighted by Crippen LogP contribution is 2.31. The largest absolute Gasteiger partial charge is 0.497 e. The van der Waals surface area contributed by atoms with Gasteiger partial charge in [-0.1, -0.05) is 48.5 Å². The van der Waals surface area contributed by atoms with Crippen molar-refractivity contribution in [1.82, 2.24) is 10.2 Å². The molecule has 0 spiro atoms. The summed E-state index contributed by atoms with van der Waals surface area (Å²) in [6.07, 6.45) is 1.29. The van der Waals surface area contributed by atoms with Gasteiger partial charge in [-0.15, -0.1) is 0 Å². The number of anilines is 1. The Balaban J connectivity index is 2.09. The Morgan fingerprint density at radius 2 is 1.62 bits per heavy atom. The molecule has 3 aromatic carbocycles. The number of likely N-dealkylation sites (N-methyl/N-ethyl adjacent to an activating group) is 1. The van der Waals surface area contributed by atoms with Gasteiger partial charge in [-0.05, 0) is 54.8 Å². The van der Waals surface area contributed by atoms with E-state index >= 15 is 0 Å². The molecule has 0 aliphatic rings. The van der Waals surface area contributed by atoms with Crippen LogP contribution in [-0.4, -0.2) is 64.7 Å². The van der Waals surface area contributed by atoms with Crippen molar-refractivity contribution in [3.63, 3.8) is 0 Å². The molecule has 0 heterocycles. The van der Waals surface area contributed by atoms with Gasteiger partial charge in [-0.2, -0.15) is 0 Å². The zero-order chi connectivity index (χ0) is 29.3. The summed E-state index contributed by atoms with van der Waals surface area (Å²) in [5.41, 5.74) is 2.64. The minimum Gasteiger partial charge on any atom is -0.497 e. The molecule has 2 amide bonds. The Bertz CT molecular complexity index is 1410. The van der Waals surface area contributed by atoms with Gasteiger partial charge in [0.05, 0.1) is 26.2 Å². The van der Waals surface area contributed by atoms with E-state index in [1.54, 1.807) is 50.4 Å². The highest BCUT2D eigenvalue weighted by molar-refractivity contribution is 7.92. The molecule has 0 fully saturated rings. The number of hydrogen-bond acceptors (Lipinski definition) is 6. The molecular weight excluding hydrogens is 530 g/mol. The van der Waals surface area contributed by atoms with Crippen LogP contribution in [0.2, 0.25) is 0 Å². The summed E-state index contributed by atoms with van der Waals surface area (Å²) in [6.45, 7) is 3.55. The monoisotopic (exact) mass is 567 g/mol. The smallest absolute Gasteiger partial charge is 0.244 e. The van der Waals surface area contributed by atoms with E-state index in [4.69, 9.17) is 9.47 Å². The fourth-order valence-electron chi connectivity index (χ4n) is 4.40. The first kappa shape index (κ1) is 30.5. The maximum absolute atomic E-state index is 14.1. The molecule has 1 unspecified atom stereocenters. The quantitative estimate of drug-likeness (QED) is 0.339. The number of carbonyl (C=O) groups is 2. The average molecular weight is 568 g/mol. The molecule has 0 aliphatic heterocycles. The fraction of sp³-hybridized carbons (Fsp3) is 0.333. The molecule has 0 saturated heterocycles. The summed E-state index contributed by atoms with van der Waals surface area (Å²) in [6, 6.07) is 20.8. The average Bonchev–Trinajstić information content (AvgIpc) is 2.93. The van der Waals surface area contributed by atoms with Gasteiger partial charge in [-0.25, -0.2) is 8.42 Å². The second kappa shape index (κ2) is 13.8. The van der Waals surface area contributed by atoms with Crippen molar-refractivity contribution in [2.24, 2.45) is 0 Å². The first-order chi connectivity index (χ1) is 19.1. The van der Waals surface area contributed by atoms with Crippen molar-refractivity contribution in [2.75, 3.05) is 37.9 Å². The Morgan fingerprint density at radius 3 is 2.25 bits per heavy atom. The Hall–Kier alpha value is -4.05. The van der Waals surface area contributed by atoms with Crippen molar-refractivity contribution in [1.29, 1.82) is 0 Å². The van der Waals surface area contributed by atoms with Crippen LogP contribution in [0.3, 0.4) is 0 Å². The van der Waals surface area contributed by atoms with Crippen LogP contribution in [-0.2, 0) is 32.6 Å². The number of rotatable bonds is 13. The minimum absolute atomic E-state index is 0.0627. The molecule has 214 valence electrons. The summed E-state index contributed by atoms with van der Waals surface area (Å²) in [5, 5.41) is 2.84. The molecule has 0 saturated carbocycles. The predicted molar refractivity (Wildman–Crippen MR) is 156 cm³/mol. The van der Waals surface area contributed by atoms with Gasteiger partial charge in [0, 0.05) is 19.5 Å². The molecule has 9 nitrogen and oxygen atoms in total. The minimum atomic E-state index is -3.91. The van der Waals surface area contributed by atoms with Crippen molar-refractivity contribution >= 4 is 27.5 Å². The van der Waals surface area contributed by atoms with Crippen molar-refractivity contribution < 1.29 is 27.5 Å². The Morgan fingerprint density at radius 1 is 0.925 bits per heavy atom. The van der Waals surface area contributed by atoms with Crippen molar-refractivity contribution in [3.05, 3.63) is 89.5 Å². The van der Waals surface area contributed by atoms with Gasteiger partial charge in [0.1, 0.15) is 24.1 Å². The van der Waals surface area contributed by atoms with Crippen LogP contribution >= 0.6 is 0 Å². The standard InChI is InChI=1S/C30H37N3O6S/c1-6-31-30(35)27(19-23-11-8-7-9-12-23)32(20-24-13-10-14-25(18-24)38-3)29(34)21-33(40(5,36)37)26-17-22(2)15-16-28(26)39-4/h7-18,27H,6,19-21H2,1-5H3,(H,31,35). The maximum atomic E-state index is 14.1. The van der Waals surface area contributed by atoms with Crippen LogP contribution < -0.4 is 19.1 Å². The highest BCUT2D eigenvalue weighted by Gasteiger charge is 2.33. The van der Waals surface area contributed by atoms with Crippen LogP contribution in [0, 0.1) is 6.92 Å². The third-order valence-electron chi connectivity index (χ3n) is 6.39. The number of carbonyl (C=O) groups excluding carboxylic acids is 2. The fourth-order valence-corrected chi connectivity index (χ4v) is 5.25. The molecule has 3 aromatic rings. The first-order valence-corrected chi connectivity index (χ1v) is 14.8. The second-order valence-electron chi connectivity index (χ2n) is 9.42. The lowest BCUT2D eigenvalue weighted by Gasteiger charge is -2.33. The highest BCUT2D eigenvalue weighted by atomic mass is 32.2. The summed E-state index contributed by atoms with van der Waals surface area (Å²) in [5.74, 6) is 0.0446. The summed E-state index contributed by atoms with van der Waals surface area (Å²) >= 11 is 0. The van der Waals surface area contributed by atoms with Gasteiger partial charge in [0.15, 0.2) is 0 Å². The van der Waals surface area contributed by atoms with E-state index in [-0.39, 0.29) is 24.6 Å². The van der Waals surface area contributed by atoms with E-state index < -0.39 is 28.5 Å². The molecule has 1 N–H and O–H groups in total. The van der Waals surface area contributed by atoms with E-state index in [2.05, 4.69) is 5.32 Å². The number of methoxy groups -OCH3 is 2. The lowest BCUT2D eigenvalue weighted by atomic mass is 10.0. The Kier molecular flexibility index (Phi) is 10.6. The number of amides is 2. The number of sulfonamides is 1. The van der Waals surface area contributed by atoms with Gasteiger partial charge < -0.3 is 19.7 Å². The van der Waals surface area contributed by atoms with Crippen LogP contribution in [0.1, 0.15) is 23.6 Å². The lowest BCUT2D eigenvalue weighted by Crippen LogP contribution is -2.53. The second-order valence-corrected chi connectivity index (χ2v) is 11.3. The number of nitrogens with zero attached hydrogens (tertiary/aromatic N) is 2. The van der Waals surface area contributed by atoms with Crippen LogP contribution in [0.4, 0.5) is 5.69 Å². The van der Waals surface area contributed by atoms with Crippen LogP contribution in [0.25, 0.3) is 0 Å². The first-order valence-electron chi connectivity index (χ1n) is 12.9. The van der Waals surface area contributed by atoms with Crippen molar-refractivity contribution in [3.8, 4) is 11.5 Å². The summed E-state index contributed by atoms with van der Waals surface area (Å²) in [7, 11) is -0.918. The molecule has 1 atom stereocenters. The SMILES string of the molecule is CCNC(=O)C(Cc1ccccc1)N(Cc1cccc(OC)c1)C(=O)CN(c1cc(C)ccc1OC)S(C)(=O)=O. The zero-order valence-corrected chi connectivity index (χ0v) is 24.4. The van der Waals surface area contributed by atoms with E-state index in [0.717, 1.165) is 27.3 Å². The van der Waals surface area contributed by atoms with Crippen molar-refractivity contribution in [2.45, 2.75) is 32.9 Å². The van der Waals surface area contributed by atoms with E-state index in [9.17, 15) is 18.0 Å². The number of aryl methyl sites for hydroxylation is 1. The maximum Gasteiger partial charge on any atom is 0.244 e. The molecule has 0 aliphatic carbocycles. The predicted octanol–water partition coefficient (Wildman–Crippen LogP) is 3.55. The van der Waals surface area contributed by atoms with E-state index in [0.29, 0.717) is 18.0 Å². The number of ether oxygens (including phenoxy) is 2. The lowest BCUT2D eigenvalue weighted by molar-refractivity contribution is -0.140.